The third-order valence-electron chi connectivity index (χ3n) is 2.59. The van der Waals surface area contributed by atoms with E-state index in [4.69, 9.17) is 21.1 Å². The summed E-state index contributed by atoms with van der Waals surface area (Å²) in [4.78, 5) is 0. The predicted molar refractivity (Wildman–Crippen MR) is 79.3 cm³/mol. The molecular formula is C13H12BrClO2S. The minimum absolute atomic E-state index is 0.228. The van der Waals surface area contributed by atoms with Crippen molar-refractivity contribution in [2.45, 2.75) is 5.38 Å². The molecule has 18 heavy (non-hydrogen) atoms. The molecule has 1 heterocycles. The lowest BCUT2D eigenvalue weighted by Gasteiger charge is -2.14. The topological polar surface area (TPSA) is 18.5 Å². The predicted octanol–water partition coefficient (Wildman–Crippen LogP) is 4.86. The molecule has 0 radical (unpaired) electrons. The minimum Gasteiger partial charge on any atom is -0.497 e. The third kappa shape index (κ3) is 2.82. The molecule has 2 rings (SSSR count). The van der Waals surface area contributed by atoms with E-state index in [1.807, 2.05) is 29.6 Å². The monoisotopic (exact) mass is 346 g/mol. The zero-order valence-electron chi connectivity index (χ0n) is 9.94. The van der Waals surface area contributed by atoms with Gasteiger partial charge in [-0.1, -0.05) is 0 Å². The van der Waals surface area contributed by atoms with Crippen LogP contribution in [0.5, 0.6) is 11.5 Å². The van der Waals surface area contributed by atoms with Crippen LogP contribution in [0.4, 0.5) is 0 Å². The van der Waals surface area contributed by atoms with Crippen LogP contribution < -0.4 is 9.47 Å². The molecular weight excluding hydrogens is 336 g/mol. The highest BCUT2D eigenvalue weighted by Gasteiger charge is 2.17. The number of hydrogen-bond acceptors (Lipinski definition) is 3. The van der Waals surface area contributed by atoms with Crippen LogP contribution in [0.3, 0.4) is 0 Å². The third-order valence-corrected chi connectivity index (χ3v) is 4.60. The van der Waals surface area contributed by atoms with Gasteiger partial charge in [-0.05, 0) is 45.1 Å². The lowest BCUT2D eigenvalue weighted by molar-refractivity contribution is 0.391. The van der Waals surface area contributed by atoms with E-state index >= 15 is 0 Å². The molecule has 0 aliphatic heterocycles. The van der Waals surface area contributed by atoms with Gasteiger partial charge in [-0.2, -0.15) is 0 Å². The Kier molecular flexibility index (Phi) is 4.54. The number of alkyl halides is 1. The number of benzene rings is 1. The van der Waals surface area contributed by atoms with E-state index in [9.17, 15) is 0 Å². The van der Waals surface area contributed by atoms with Gasteiger partial charge in [-0.15, -0.1) is 22.9 Å². The second-order valence-corrected chi connectivity index (χ2v) is 6.38. The molecule has 0 aliphatic carbocycles. The van der Waals surface area contributed by atoms with Crippen LogP contribution in [-0.2, 0) is 0 Å². The van der Waals surface area contributed by atoms with Crippen molar-refractivity contribution in [1.29, 1.82) is 0 Å². The number of ether oxygens (including phenoxy) is 2. The summed E-state index contributed by atoms with van der Waals surface area (Å²) < 4.78 is 11.6. The Morgan fingerprint density at radius 1 is 1.22 bits per heavy atom. The summed E-state index contributed by atoms with van der Waals surface area (Å²) in [5, 5.41) is 1.80. The molecule has 0 saturated carbocycles. The van der Waals surface area contributed by atoms with Crippen molar-refractivity contribution in [2.75, 3.05) is 14.2 Å². The van der Waals surface area contributed by atoms with Gasteiger partial charge in [0.2, 0.25) is 0 Å². The summed E-state index contributed by atoms with van der Waals surface area (Å²) in [7, 11) is 3.26. The number of methoxy groups -OCH3 is 2. The van der Waals surface area contributed by atoms with Crippen molar-refractivity contribution < 1.29 is 9.47 Å². The first-order valence-corrected chi connectivity index (χ1v) is 7.36. The number of thiophene rings is 1. The van der Waals surface area contributed by atoms with Crippen LogP contribution in [0.1, 0.15) is 16.5 Å². The van der Waals surface area contributed by atoms with Crippen LogP contribution in [0.25, 0.3) is 0 Å². The Bertz CT molecular complexity index is 542. The molecule has 1 aromatic carbocycles. The molecule has 1 atom stereocenters. The maximum atomic E-state index is 6.49. The zero-order chi connectivity index (χ0) is 13.1. The van der Waals surface area contributed by atoms with E-state index in [1.165, 1.54) is 0 Å². The molecule has 0 bridgehead atoms. The van der Waals surface area contributed by atoms with Crippen LogP contribution in [-0.4, -0.2) is 14.2 Å². The van der Waals surface area contributed by atoms with Gasteiger partial charge in [0.25, 0.3) is 0 Å². The minimum atomic E-state index is -0.228. The van der Waals surface area contributed by atoms with Gasteiger partial charge in [0.05, 0.1) is 23.4 Å². The van der Waals surface area contributed by atoms with E-state index in [-0.39, 0.29) is 5.38 Å². The molecule has 96 valence electrons. The van der Waals surface area contributed by atoms with Gasteiger partial charge in [-0.25, -0.2) is 0 Å². The second-order valence-electron chi connectivity index (χ2n) is 3.65. The molecule has 1 unspecified atom stereocenters. The number of hydrogen-bond donors (Lipinski definition) is 0. The van der Waals surface area contributed by atoms with Crippen LogP contribution in [0, 0.1) is 0 Å². The van der Waals surface area contributed by atoms with E-state index in [1.54, 1.807) is 25.6 Å². The van der Waals surface area contributed by atoms with Crippen molar-refractivity contribution >= 4 is 38.9 Å². The van der Waals surface area contributed by atoms with Gasteiger partial charge >= 0.3 is 0 Å². The first kappa shape index (κ1) is 13.7. The van der Waals surface area contributed by atoms with Gasteiger partial charge < -0.3 is 9.47 Å². The smallest absolute Gasteiger partial charge is 0.127 e. The van der Waals surface area contributed by atoms with Gasteiger partial charge in [0.15, 0.2) is 0 Å². The standard InChI is InChI=1S/C13H12BrClO2S/c1-16-9-3-4-10(11(6-9)17-2)13(15)8-5-12(14)18-7-8/h3-7,13H,1-2H3. The van der Waals surface area contributed by atoms with Crippen LogP contribution in [0.2, 0.25) is 0 Å². The molecule has 5 heteroatoms. The first-order chi connectivity index (χ1) is 8.65. The first-order valence-electron chi connectivity index (χ1n) is 5.25. The summed E-state index contributed by atoms with van der Waals surface area (Å²) in [6, 6.07) is 7.67. The molecule has 1 aromatic heterocycles. The molecule has 0 aliphatic rings. The summed E-state index contributed by atoms with van der Waals surface area (Å²) in [5.74, 6) is 1.49. The molecule has 0 N–H and O–H groups in total. The quantitative estimate of drug-likeness (QED) is 0.736. The van der Waals surface area contributed by atoms with Crippen molar-refractivity contribution in [3.05, 3.63) is 44.6 Å². The van der Waals surface area contributed by atoms with Crippen molar-refractivity contribution in [3.8, 4) is 11.5 Å². The average Bonchev–Trinajstić information content (AvgIpc) is 2.83. The summed E-state index contributed by atoms with van der Waals surface area (Å²) >= 11 is 11.5. The largest absolute Gasteiger partial charge is 0.497 e. The fraction of sp³-hybridized carbons (Fsp3) is 0.231. The van der Waals surface area contributed by atoms with Gasteiger partial charge in [0, 0.05) is 11.6 Å². The average molecular weight is 348 g/mol. The number of halogens is 2. The second kappa shape index (κ2) is 5.95. The van der Waals surface area contributed by atoms with Crippen molar-refractivity contribution in [3.63, 3.8) is 0 Å². The fourth-order valence-corrected chi connectivity index (χ4v) is 3.25. The molecule has 0 amide bonds. The summed E-state index contributed by atoms with van der Waals surface area (Å²) in [6.45, 7) is 0. The van der Waals surface area contributed by atoms with E-state index < -0.39 is 0 Å². The molecule has 2 nitrogen and oxygen atoms in total. The van der Waals surface area contributed by atoms with Crippen molar-refractivity contribution in [1.82, 2.24) is 0 Å². The van der Waals surface area contributed by atoms with Crippen LogP contribution >= 0.6 is 38.9 Å². The normalized spacial score (nSPS) is 12.2. The molecule has 2 aromatic rings. The van der Waals surface area contributed by atoms with E-state index in [2.05, 4.69) is 15.9 Å². The molecule has 0 fully saturated rings. The SMILES string of the molecule is COc1ccc(C(Cl)c2csc(Br)c2)c(OC)c1. The lowest BCUT2D eigenvalue weighted by Crippen LogP contribution is -1.97. The fourth-order valence-electron chi connectivity index (χ4n) is 1.66. The van der Waals surface area contributed by atoms with Crippen molar-refractivity contribution in [2.24, 2.45) is 0 Å². The maximum absolute atomic E-state index is 6.49. The van der Waals surface area contributed by atoms with E-state index in [0.717, 1.165) is 26.4 Å². The highest BCUT2D eigenvalue weighted by atomic mass is 79.9. The highest BCUT2D eigenvalue weighted by Crippen LogP contribution is 2.39. The maximum Gasteiger partial charge on any atom is 0.127 e. The van der Waals surface area contributed by atoms with Gasteiger partial charge in [-0.3, -0.25) is 0 Å². The summed E-state index contributed by atoms with van der Waals surface area (Å²) in [5.41, 5.74) is 1.99. The lowest BCUT2D eigenvalue weighted by atomic mass is 10.1. The van der Waals surface area contributed by atoms with E-state index in [0.29, 0.717) is 0 Å². The molecule has 0 saturated heterocycles. The number of rotatable bonds is 4. The Hall–Kier alpha value is -0.710. The van der Waals surface area contributed by atoms with Crippen LogP contribution in [0.15, 0.2) is 33.4 Å². The zero-order valence-corrected chi connectivity index (χ0v) is 13.1. The Morgan fingerprint density at radius 3 is 2.56 bits per heavy atom. The highest BCUT2D eigenvalue weighted by molar-refractivity contribution is 9.11. The Balaban J connectivity index is 2.38. The molecule has 0 spiro atoms. The summed E-state index contributed by atoms with van der Waals surface area (Å²) in [6.07, 6.45) is 0. The Labute approximate surface area is 124 Å². The van der Waals surface area contributed by atoms with Gasteiger partial charge in [0.1, 0.15) is 11.5 Å². The Morgan fingerprint density at radius 2 is 2.00 bits per heavy atom.